The lowest BCUT2D eigenvalue weighted by Crippen LogP contribution is -2.23. The molecule has 5 nitrogen and oxygen atoms in total. The first-order chi connectivity index (χ1) is 14.4. The second-order valence-corrected chi connectivity index (χ2v) is 14.8. The Balaban J connectivity index is 2.36. The predicted molar refractivity (Wildman–Crippen MR) is 124 cm³/mol. The van der Waals surface area contributed by atoms with Crippen LogP contribution in [0.1, 0.15) is 21.5 Å². The maximum atomic E-state index is 13.1. The third-order valence-corrected chi connectivity index (χ3v) is 7.24. The summed E-state index contributed by atoms with van der Waals surface area (Å²) in [6.07, 6.45) is 0.463. The van der Waals surface area contributed by atoms with E-state index in [1.54, 1.807) is 17.8 Å². The maximum absolute atomic E-state index is 13.1. The van der Waals surface area contributed by atoms with Crippen LogP contribution in [0.25, 0.3) is 0 Å². The van der Waals surface area contributed by atoms with Gasteiger partial charge >= 0.3 is 5.97 Å². The molecule has 0 aliphatic carbocycles. The molecular formula is C23H32O5SSi. The van der Waals surface area contributed by atoms with Crippen molar-refractivity contribution in [3.8, 4) is 5.75 Å². The van der Waals surface area contributed by atoms with Crippen LogP contribution in [-0.2, 0) is 21.6 Å². The molecule has 0 fully saturated rings. The molecule has 0 unspecified atom stereocenters. The van der Waals surface area contributed by atoms with Crippen molar-refractivity contribution < 1.29 is 24.1 Å². The van der Waals surface area contributed by atoms with Crippen LogP contribution in [0.4, 0.5) is 0 Å². The number of methoxy groups -OCH3 is 1. The lowest BCUT2D eigenvalue weighted by molar-refractivity contribution is 0.0436. The molecule has 0 aliphatic rings. The number of ether oxygens (including phenoxy) is 3. The first-order valence-electron chi connectivity index (χ1n) is 10.1. The molecule has 0 amide bonds. The number of hydrogen-bond acceptors (Lipinski definition) is 6. The fraction of sp³-hybridized carbons (Fsp3) is 0.435. The highest BCUT2D eigenvalue weighted by Crippen LogP contribution is 2.33. The average molecular weight is 449 g/mol. The zero-order valence-corrected chi connectivity index (χ0v) is 20.1. The van der Waals surface area contributed by atoms with Gasteiger partial charge in [0.2, 0.25) is 0 Å². The first kappa shape index (κ1) is 24.5. The van der Waals surface area contributed by atoms with Crippen LogP contribution in [0.3, 0.4) is 0 Å². The molecule has 2 aromatic carbocycles. The average Bonchev–Trinajstić information content (AvgIpc) is 2.71. The number of benzene rings is 2. The van der Waals surface area contributed by atoms with E-state index in [0.29, 0.717) is 30.1 Å². The van der Waals surface area contributed by atoms with E-state index in [9.17, 15) is 9.90 Å². The minimum Gasteiger partial charge on any atom is -0.467 e. The van der Waals surface area contributed by atoms with Crippen molar-refractivity contribution in [1.82, 2.24) is 0 Å². The normalized spacial score (nSPS) is 11.4. The third kappa shape index (κ3) is 7.79. The van der Waals surface area contributed by atoms with Gasteiger partial charge in [0.05, 0.1) is 6.61 Å². The molecule has 2 rings (SSSR count). The van der Waals surface area contributed by atoms with Crippen LogP contribution < -0.4 is 4.74 Å². The van der Waals surface area contributed by atoms with E-state index in [-0.39, 0.29) is 19.4 Å². The van der Waals surface area contributed by atoms with Gasteiger partial charge in [-0.15, -0.1) is 11.8 Å². The number of hydrogen-bond donors (Lipinski definition) is 1. The predicted octanol–water partition coefficient (Wildman–Crippen LogP) is 4.99. The second kappa shape index (κ2) is 12.1. The first-order valence-corrected chi connectivity index (χ1v) is 14.8. The van der Waals surface area contributed by atoms with Crippen LogP contribution in [0.2, 0.25) is 25.7 Å². The van der Waals surface area contributed by atoms with Gasteiger partial charge < -0.3 is 19.3 Å². The molecule has 0 atom stereocenters. The summed E-state index contributed by atoms with van der Waals surface area (Å²) in [5.41, 5.74) is 2.18. The summed E-state index contributed by atoms with van der Waals surface area (Å²) in [6.45, 7) is 7.19. The lowest BCUT2D eigenvalue weighted by Gasteiger charge is -2.19. The number of thioether (sulfide) groups is 1. The van der Waals surface area contributed by atoms with E-state index in [4.69, 9.17) is 14.2 Å². The van der Waals surface area contributed by atoms with Crippen LogP contribution in [0, 0.1) is 0 Å². The summed E-state index contributed by atoms with van der Waals surface area (Å²) >= 11 is 1.64. The minimum atomic E-state index is -1.32. The summed E-state index contributed by atoms with van der Waals surface area (Å²) in [5, 5.41) is 9.53. The van der Waals surface area contributed by atoms with Crippen LogP contribution in [0.15, 0.2) is 47.4 Å². The summed E-state index contributed by atoms with van der Waals surface area (Å²) in [7, 11) is 0.218. The minimum absolute atomic E-state index is 0.00535. The van der Waals surface area contributed by atoms with E-state index >= 15 is 0 Å². The molecule has 0 heterocycles. The quantitative estimate of drug-likeness (QED) is 0.214. The lowest BCUT2D eigenvalue weighted by atomic mass is 9.99. The van der Waals surface area contributed by atoms with Gasteiger partial charge in [0.1, 0.15) is 11.3 Å². The van der Waals surface area contributed by atoms with Crippen molar-refractivity contribution in [2.45, 2.75) is 42.8 Å². The van der Waals surface area contributed by atoms with Crippen LogP contribution >= 0.6 is 11.8 Å². The fourth-order valence-corrected chi connectivity index (χ4v) is 4.55. The van der Waals surface area contributed by atoms with Crippen molar-refractivity contribution >= 4 is 25.8 Å². The standard InChI is InChI=1S/C23H32O5SSi/c1-26-17-28-21-11-10-18(12-13-24)20(16-29-19-8-6-5-7-9-19)22(21)23(25)27-14-15-30(2,3)4/h5-11,24H,12-17H2,1-4H3. The van der Waals surface area contributed by atoms with E-state index in [2.05, 4.69) is 19.6 Å². The number of aliphatic hydroxyl groups excluding tert-OH is 1. The van der Waals surface area contributed by atoms with E-state index in [0.717, 1.165) is 22.1 Å². The Bertz CT molecular complexity index is 805. The topological polar surface area (TPSA) is 65.0 Å². The Labute approximate surface area is 184 Å². The number of carbonyl (C=O) groups excluding carboxylic acids is 1. The Hall–Kier alpha value is -1.80. The highest BCUT2D eigenvalue weighted by atomic mass is 32.2. The Morgan fingerprint density at radius 3 is 2.47 bits per heavy atom. The monoisotopic (exact) mass is 448 g/mol. The van der Waals surface area contributed by atoms with Crippen molar-refractivity contribution in [3.05, 3.63) is 59.2 Å². The molecule has 1 N–H and O–H groups in total. The molecule has 0 radical (unpaired) electrons. The van der Waals surface area contributed by atoms with Crippen molar-refractivity contribution in [1.29, 1.82) is 0 Å². The molecule has 0 spiro atoms. The van der Waals surface area contributed by atoms with Crippen molar-refractivity contribution in [2.24, 2.45) is 0 Å². The van der Waals surface area contributed by atoms with Gasteiger partial charge in [-0.2, -0.15) is 0 Å². The van der Waals surface area contributed by atoms with Gasteiger partial charge in [-0.1, -0.05) is 43.9 Å². The maximum Gasteiger partial charge on any atom is 0.342 e. The number of esters is 1. The smallest absolute Gasteiger partial charge is 0.342 e. The molecule has 7 heteroatoms. The Morgan fingerprint density at radius 1 is 1.10 bits per heavy atom. The number of rotatable bonds is 12. The second-order valence-electron chi connectivity index (χ2n) is 8.15. The Kier molecular flexibility index (Phi) is 9.91. The summed E-state index contributed by atoms with van der Waals surface area (Å²) in [4.78, 5) is 14.2. The highest BCUT2D eigenvalue weighted by molar-refractivity contribution is 7.98. The van der Waals surface area contributed by atoms with Gasteiger partial charge in [-0.05, 0) is 41.8 Å². The number of carbonyl (C=O) groups is 1. The van der Waals surface area contributed by atoms with Crippen molar-refractivity contribution in [3.63, 3.8) is 0 Å². The fourth-order valence-electron chi connectivity index (χ4n) is 2.85. The summed E-state index contributed by atoms with van der Waals surface area (Å²) in [6, 6.07) is 14.6. The molecule has 0 aliphatic heterocycles. The highest BCUT2D eigenvalue weighted by Gasteiger charge is 2.23. The largest absolute Gasteiger partial charge is 0.467 e. The Morgan fingerprint density at radius 2 is 1.83 bits per heavy atom. The molecule has 2 aromatic rings. The molecule has 0 saturated heterocycles. The van der Waals surface area contributed by atoms with E-state index in [1.807, 2.05) is 36.4 Å². The van der Waals surface area contributed by atoms with E-state index < -0.39 is 8.07 Å². The summed E-state index contributed by atoms with van der Waals surface area (Å²) < 4.78 is 16.4. The van der Waals surface area contributed by atoms with Gasteiger partial charge in [-0.3, -0.25) is 0 Å². The van der Waals surface area contributed by atoms with Gasteiger partial charge in [0.15, 0.2) is 6.79 Å². The summed E-state index contributed by atoms with van der Waals surface area (Å²) in [5.74, 6) is 0.630. The SMILES string of the molecule is COCOc1ccc(CCO)c(CSc2ccccc2)c1C(=O)OCC[Si](C)(C)C. The number of aliphatic hydroxyl groups is 1. The van der Waals surface area contributed by atoms with Gasteiger partial charge in [0.25, 0.3) is 0 Å². The zero-order valence-electron chi connectivity index (χ0n) is 18.3. The molecule has 0 bridgehead atoms. The third-order valence-electron chi connectivity index (χ3n) is 4.50. The molecular weight excluding hydrogens is 416 g/mol. The van der Waals surface area contributed by atoms with Gasteiger partial charge in [0, 0.05) is 32.4 Å². The zero-order chi connectivity index (χ0) is 22.0. The van der Waals surface area contributed by atoms with Gasteiger partial charge in [-0.25, -0.2) is 4.79 Å². The molecule has 164 valence electrons. The van der Waals surface area contributed by atoms with Crippen molar-refractivity contribution in [2.75, 3.05) is 27.1 Å². The molecule has 0 saturated carbocycles. The van der Waals surface area contributed by atoms with Crippen LogP contribution in [-0.4, -0.2) is 46.3 Å². The molecule has 0 aromatic heterocycles. The van der Waals surface area contributed by atoms with Crippen LogP contribution in [0.5, 0.6) is 5.75 Å². The van der Waals surface area contributed by atoms with E-state index in [1.165, 1.54) is 7.11 Å². The molecule has 30 heavy (non-hydrogen) atoms.